The van der Waals surface area contributed by atoms with Crippen LogP contribution in [-0.4, -0.2) is 11.1 Å². The van der Waals surface area contributed by atoms with E-state index >= 15 is 0 Å². The highest BCUT2D eigenvalue weighted by Gasteiger charge is 2.65. The second-order valence-corrected chi connectivity index (χ2v) is 4.48. The summed E-state index contributed by atoms with van der Waals surface area (Å²) in [6.07, 6.45) is 2.04. The Balaban J connectivity index is 2.13. The number of carboxylic acid groups (broad SMARTS) is 1. The van der Waals surface area contributed by atoms with Gasteiger partial charge in [-0.1, -0.05) is 13.8 Å². The largest absolute Gasteiger partial charge is 0.481 e. The fourth-order valence-corrected chi connectivity index (χ4v) is 2.95. The van der Waals surface area contributed by atoms with Gasteiger partial charge in [0.2, 0.25) is 0 Å². The summed E-state index contributed by atoms with van der Waals surface area (Å²) < 4.78 is 0. The van der Waals surface area contributed by atoms with Crippen molar-refractivity contribution >= 4 is 5.97 Å². The molecule has 0 aromatic heterocycles. The molecule has 2 saturated carbocycles. The molecule has 0 heterocycles. The van der Waals surface area contributed by atoms with E-state index in [0.717, 1.165) is 12.8 Å². The number of rotatable bonds is 1. The summed E-state index contributed by atoms with van der Waals surface area (Å²) in [4.78, 5) is 10.7. The van der Waals surface area contributed by atoms with Gasteiger partial charge in [0.05, 0.1) is 5.92 Å². The molecular formula is C9H14O2. The predicted octanol–water partition coefficient (Wildman–Crippen LogP) is 1.75. The minimum Gasteiger partial charge on any atom is -0.481 e. The summed E-state index contributed by atoms with van der Waals surface area (Å²) in [5, 5.41) is 8.84. The first-order chi connectivity index (χ1) is 5.05. The molecule has 2 rings (SSSR count). The minimum atomic E-state index is -0.580. The van der Waals surface area contributed by atoms with Crippen molar-refractivity contribution in [1.29, 1.82) is 0 Å². The molecule has 0 radical (unpaired) electrons. The lowest BCUT2D eigenvalue weighted by atomic mass is 9.93. The molecule has 62 valence electrons. The van der Waals surface area contributed by atoms with E-state index in [2.05, 4.69) is 13.8 Å². The normalized spacial score (nSPS) is 45.1. The van der Waals surface area contributed by atoms with Crippen LogP contribution in [0.3, 0.4) is 0 Å². The molecule has 0 amide bonds. The van der Waals surface area contributed by atoms with Gasteiger partial charge in [-0.25, -0.2) is 0 Å². The molecule has 0 saturated heterocycles. The van der Waals surface area contributed by atoms with Gasteiger partial charge in [-0.2, -0.15) is 0 Å². The molecule has 2 heteroatoms. The highest BCUT2D eigenvalue weighted by atomic mass is 16.4. The summed E-state index contributed by atoms with van der Waals surface area (Å²) >= 11 is 0. The summed E-state index contributed by atoms with van der Waals surface area (Å²) in [6.45, 7) is 4.38. The summed E-state index contributed by atoms with van der Waals surface area (Å²) in [6, 6.07) is 0. The standard InChI is InChI=1S/C9H14O2/c1-9(2)6-4-3-5(7(6)9)8(10)11/h5-7H,3-4H2,1-2H3,(H,10,11)/t5-,6-,7+/m0/s1. The number of hydrogen-bond acceptors (Lipinski definition) is 1. The first-order valence-electron chi connectivity index (χ1n) is 4.28. The van der Waals surface area contributed by atoms with Crippen LogP contribution in [-0.2, 0) is 4.79 Å². The lowest BCUT2D eigenvalue weighted by Crippen LogP contribution is -2.16. The molecular weight excluding hydrogens is 140 g/mol. The maximum Gasteiger partial charge on any atom is 0.306 e. The topological polar surface area (TPSA) is 37.3 Å². The first-order valence-corrected chi connectivity index (χ1v) is 4.28. The Hall–Kier alpha value is -0.530. The fraction of sp³-hybridized carbons (Fsp3) is 0.889. The fourth-order valence-electron chi connectivity index (χ4n) is 2.95. The van der Waals surface area contributed by atoms with E-state index in [9.17, 15) is 4.79 Å². The van der Waals surface area contributed by atoms with E-state index < -0.39 is 5.97 Å². The molecule has 0 unspecified atom stereocenters. The van der Waals surface area contributed by atoms with Gasteiger partial charge in [0, 0.05) is 0 Å². The van der Waals surface area contributed by atoms with Gasteiger partial charge in [0.1, 0.15) is 0 Å². The number of aliphatic carboxylic acids is 1. The first kappa shape index (κ1) is 7.14. The van der Waals surface area contributed by atoms with Crippen molar-refractivity contribution in [2.75, 3.05) is 0 Å². The van der Waals surface area contributed by atoms with Crippen molar-refractivity contribution in [2.24, 2.45) is 23.2 Å². The van der Waals surface area contributed by atoms with Crippen LogP contribution in [0.25, 0.3) is 0 Å². The third-order valence-corrected chi connectivity index (χ3v) is 3.68. The van der Waals surface area contributed by atoms with Crippen LogP contribution in [0.15, 0.2) is 0 Å². The van der Waals surface area contributed by atoms with Crippen LogP contribution in [0.1, 0.15) is 26.7 Å². The quantitative estimate of drug-likeness (QED) is 0.624. The van der Waals surface area contributed by atoms with Gasteiger partial charge in [-0.05, 0) is 30.1 Å². The Labute approximate surface area is 66.6 Å². The molecule has 2 aliphatic carbocycles. The second-order valence-electron chi connectivity index (χ2n) is 4.48. The smallest absolute Gasteiger partial charge is 0.306 e. The van der Waals surface area contributed by atoms with E-state index in [-0.39, 0.29) is 5.92 Å². The molecule has 0 aromatic rings. The van der Waals surface area contributed by atoms with Crippen molar-refractivity contribution in [3.05, 3.63) is 0 Å². The molecule has 11 heavy (non-hydrogen) atoms. The van der Waals surface area contributed by atoms with Crippen molar-refractivity contribution < 1.29 is 9.90 Å². The zero-order valence-corrected chi connectivity index (χ0v) is 7.00. The second kappa shape index (κ2) is 1.79. The number of carbonyl (C=O) groups is 1. The van der Waals surface area contributed by atoms with Crippen LogP contribution in [0.2, 0.25) is 0 Å². The van der Waals surface area contributed by atoms with Gasteiger partial charge in [-0.3, -0.25) is 4.79 Å². The highest BCUT2D eigenvalue weighted by molar-refractivity contribution is 5.72. The molecule has 0 aliphatic heterocycles. The molecule has 2 nitrogen and oxygen atoms in total. The van der Waals surface area contributed by atoms with Crippen molar-refractivity contribution in [3.8, 4) is 0 Å². The molecule has 1 N–H and O–H groups in total. The Morgan fingerprint density at radius 2 is 2.09 bits per heavy atom. The average molecular weight is 154 g/mol. The molecule has 2 aliphatic rings. The monoisotopic (exact) mass is 154 g/mol. The van der Waals surface area contributed by atoms with Crippen LogP contribution < -0.4 is 0 Å². The lowest BCUT2D eigenvalue weighted by molar-refractivity contribution is -0.142. The maximum atomic E-state index is 10.7. The van der Waals surface area contributed by atoms with Crippen LogP contribution in [0, 0.1) is 23.2 Å². The maximum absolute atomic E-state index is 10.7. The van der Waals surface area contributed by atoms with Gasteiger partial charge in [-0.15, -0.1) is 0 Å². The molecule has 0 aromatic carbocycles. The van der Waals surface area contributed by atoms with Gasteiger partial charge in [0.15, 0.2) is 0 Å². The van der Waals surface area contributed by atoms with Crippen molar-refractivity contribution in [2.45, 2.75) is 26.7 Å². The highest BCUT2D eigenvalue weighted by Crippen LogP contribution is 2.68. The molecule has 0 bridgehead atoms. The minimum absolute atomic E-state index is 0.0324. The number of fused-ring (bicyclic) bond motifs is 1. The van der Waals surface area contributed by atoms with E-state index in [0.29, 0.717) is 17.3 Å². The van der Waals surface area contributed by atoms with Gasteiger partial charge >= 0.3 is 5.97 Å². The number of hydrogen-bond donors (Lipinski definition) is 1. The van der Waals surface area contributed by atoms with Crippen molar-refractivity contribution in [3.63, 3.8) is 0 Å². The Bertz CT molecular complexity index is 208. The molecule has 2 fully saturated rings. The zero-order valence-electron chi connectivity index (χ0n) is 7.00. The SMILES string of the molecule is CC1(C)[C@@H]2[C@@H](C(=O)O)CC[C@@H]21. The summed E-state index contributed by atoms with van der Waals surface area (Å²) in [7, 11) is 0. The zero-order chi connectivity index (χ0) is 8.22. The predicted molar refractivity (Wildman–Crippen MR) is 41.1 cm³/mol. The Morgan fingerprint density at radius 1 is 1.45 bits per heavy atom. The average Bonchev–Trinajstić information content (AvgIpc) is 2.34. The van der Waals surface area contributed by atoms with E-state index in [4.69, 9.17) is 5.11 Å². The third kappa shape index (κ3) is 0.754. The summed E-state index contributed by atoms with van der Waals surface area (Å²) in [5.41, 5.74) is 0.335. The summed E-state index contributed by atoms with van der Waals surface area (Å²) in [5.74, 6) is 0.585. The van der Waals surface area contributed by atoms with E-state index in [1.807, 2.05) is 0 Å². The third-order valence-electron chi connectivity index (χ3n) is 3.68. The molecule has 0 spiro atoms. The van der Waals surface area contributed by atoms with E-state index in [1.54, 1.807) is 0 Å². The number of carboxylic acids is 1. The Kier molecular flexibility index (Phi) is 1.16. The van der Waals surface area contributed by atoms with Crippen LogP contribution >= 0.6 is 0 Å². The molecule has 3 atom stereocenters. The lowest BCUT2D eigenvalue weighted by Gasteiger charge is -2.12. The van der Waals surface area contributed by atoms with Gasteiger partial charge in [0.25, 0.3) is 0 Å². The van der Waals surface area contributed by atoms with Crippen LogP contribution in [0.4, 0.5) is 0 Å². The Morgan fingerprint density at radius 3 is 2.36 bits per heavy atom. The van der Waals surface area contributed by atoms with E-state index in [1.165, 1.54) is 0 Å². The van der Waals surface area contributed by atoms with Gasteiger partial charge < -0.3 is 5.11 Å². The van der Waals surface area contributed by atoms with Crippen molar-refractivity contribution in [1.82, 2.24) is 0 Å². The van der Waals surface area contributed by atoms with Crippen LogP contribution in [0.5, 0.6) is 0 Å².